The van der Waals surface area contributed by atoms with Crippen molar-refractivity contribution in [2.45, 2.75) is 35.0 Å². The van der Waals surface area contributed by atoms with Crippen LogP contribution in [0.5, 0.6) is 0 Å². The molecule has 5 nitrogen and oxygen atoms in total. The lowest BCUT2D eigenvalue weighted by atomic mass is 10.1. The molecule has 1 aliphatic rings. The van der Waals surface area contributed by atoms with E-state index in [9.17, 15) is 13.6 Å². The van der Waals surface area contributed by atoms with Crippen LogP contribution in [0.15, 0.2) is 52.9 Å². The first-order chi connectivity index (χ1) is 14.1. The van der Waals surface area contributed by atoms with E-state index in [1.165, 1.54) is 47.4 Å². The summed E-state index contributed by atoms with van der Waals surface area (Å²) in [7, 11) is 0. The third-order valence-electron chi connectivity index (χ3n) is 4.32. The topological polar surface area (TPSA) is 66.9 Å². The first kappa shape index (κ1) is 19.8. The summed E-state index contributed by atoms with van der Waals surface area (Å²) in [4.78, 5) is 12.7. The molecule has 1 heterocycles. The highest BCUT2D eigenvalue weighted by molar-refractivity contribution is 8.01. The number of thioether (sulfide) groups is 1. The van der Waals surface area contributed by atoms with Crippen molar-refractivity contribution in [3.05, 3.63) is 71.3 Å². The summed E-state index contributed by atoms with van der Waals surface area (Å²) in [6.07, 6.45) is 1.98. The minimum absolute atomic E-state index is 0.111. The van der Waals surface area contributed by atoms with Gasteiger partial charge in [-0.05, 0) is 48.2 Å². The summed E-state index contributed by atoms with van der Waals surface area (Å²) in [5.41, 5.74) is 1.63. The first-order valence-corrected chi connectivity index (χ1v) is 10.8. The zero-order valence-corrected chi connectivity index (χ0v) is 16.9. The molecule has 1 amide bonds. The number of amides is 1. The number of nitrogens with one attached hydrogen (secondary N) is 2. The smallest absolute Gasteiger partial charge is 0.238 e. The number of nitrogens with zero attached hydrogens (tertiary/aromatic N) is 2. The Morgan fingerprint density at radius 3 is 2.38 bits per heavy atom. The molecule has 4 rings (SSSR count). The van der Waals surface area contributed by atoms with Gasteiger partial charge in [0.05, 0.1) is 0 Å². The van der Waals surface area contributed by atoms with Crippen LogP contribution in [-0.4, -0.2) is 22.1 Å². The highest BCUT2D eigenvalue weighted by Crippen LogP contribution is 2.38. The van der Waals surface area contributed by atoms with Crippen molar-refractivity contribution in [1.29, 1.82) is 0 Å². The van der Waals surface area contributed by atoms with Crippen LogP contribution in [-0.2, 0) is 11.3 Å². The summed E-state index contributed by atoms with van der Waals surface area (Å²) >= 11 is 2.63. The fourth-order valence-corrected chi connectivity index (χ4v) is 4.57. The van der Waals surface area contributed by atoms with Gasteiger partial charge in [0, 0.05) is 12.6 Å². The van der Waals surface area contributed by atoms with E-state index in [2.05, 4.69) is 20.8 Å². The third-order valence-corrected chi connectivity index (χ3v) is 6.54. The molecule has 2 aromatic carbocycles. The van der Waals surface area contributed by atoms with Crippen molar-refractivity contribution in [3.63, 3.8) is 0 Å². The van der Waals surface area contributed by atoms with Crippen LogP contribution in [0, 0.1) is 11.6 Å². The molecule has 29 heavy (non-hydrogen) atoms. The summed E-state index contributed by atoms with van der Waals surface area (Å²) in [6.45, 7) is 0.489. The second-order valence-corrected chi connectivity index (χ2v) is 9.02. The molecule has 0 radical (unpaired) electrons. The number of hydrogen-bond acceptors (Lipinski definition) is 6. The van der Waals surface area contributed by atoms with Crippen LogP contribution < -0.4 is 10.6 Å². The number of benzene rings is 2. The van der Waals surface area contributed by atoms with Crippen LogP contribution in [0.3, 0.4) is 0 Å². The van der Waals surface area contributed by atoms with Crippen molar-refractivity contribution >= 4 is 34.1 Å². The average Bonchev–Trinajstić information content (AvgIpc) is 3.42. The first-order valence-electron chi connectivity index (χ1n) is 9.11. The number of anilines is 1. The van der Waals surface area contributed by atoms with E-state index < -0.39 is 5.25 Å². The van der Waals surface area contributed by atoms with Crippen LogP contribution in [0.2, 0.25) is 0 Å². The Kier molecular flexibility index (Phi) is 6.05. The van der Waals surface area contributed by atoms with Gasteiger partial charge in [-0.3, -0.25) is 4.79 Å². The summed E-state index contributed by atoms with van der Waals surface area (Å²) in [5.74, 6) is -0.733. The lowest BCUT2D eigenvalue weighted by Gasteiger charge is -2.15. The van der Waals surface area contributed by atoms with Crippen molar-refractivity contribution < 1.29 is 13.6 Å². The molecule has 1 unspecified atom stereocenters. The summed E-state index contributed by atoms with van der Waals surface area (Å²) < 4.78 is 26.9. The molecule has 150 valence electrons. The van der Waals surface area contributed by atoms with Gasteiger partial charge in [0.15, 0.2) is 4.34 Å². The van der Waals surface area contributed by atoms with Crippen LogP contribution in [0.1, 0.15) is 29.2 Å². The maximum atomic E-state index is 13.3. The molecule has 1 aliphatic carbocycles. The Hall–Kier alpha value is -2.52. The van der Waals surface area contributed by atoms with E-state index in [4.69, 9.17) is 0 Å². The lowest BCUT2D eigenvalue weighted by Crippen LogP contribution is -2.29. The number of halogens is 2. The Bertz CT molecular complexity index is 975. The van der Waals surface area contributed by atoms with Crippen molar-refractivity contribution in [2.24, 2.45) is 0 Å². The molecular weight excluding hydrogens is 414 g/mol. The second-order valence-electron chi connectivity index (χ2n) is 6.69. The fraction of sp³-hybridized carbons (Fsp3) is 0.250. The Labute approximate surface area is 174 Å². The number of carbonyl (C=O) groups is 1. The minimum Gasteiger partial charge on any atom is -0.356 e. The monoisotopic (exact) mass is 432 g/mol. The molecule has 1 atom stereocenters. The van der Waals surface area contributed by atoms with Crippen molar-refractivity contribution in [2.75, 3.05) is 5.32 Å². The van der Waals surface area contributed by atoms with Gasteiger partial charge in [-0.1, -0.05) is 47.4 Å². The standard InChI is InChI=1S/C20H18F2N4OS2/c21-14-5-1-12(2-6-14)11-23-19-25-26-20(29-19)28-17(18(27)24-16-9-10-16)13-3-7-15(22)8-4-13/h1-8,16-17H,9-11H2,(H,23,25)(H,24,27). The fourth-order valence-electron chi connectivity index (χ4n) is 2.62. The van der Waals surface area contributed by atoms with Crippen LogP contribution >= 0.6 is 23.1 Å². The normalized spacial score (nSPS) is 14.4. The largest absolute Gasteiger partial charge is 0.356 e. The van der Waals surface area contributed by atoms with Gasteiger partial charge >= 0.3 is 0 Å². The molecular formula is C20H18F2N4OS2. The Morgan fingerprint density at radius 1 is 1.07 bits per heavy atom. The van der Waals surface area contributed by atoms with Gasteiger partial charge in [-0.25, -0.2) is 8.78 Å². The highest BCUT2D eigenvalue weighted by atomic mass is 32.2. The third kappa shape index (κ3) is 5.51. The summed E-state index contributed by atoms with van der Waals surface area (Å²) in [5, 5.41) is 14.5. The summed E-state index contributed by atoms with van der Waals surface area (Å²) in [6, 6.07) is 12.4. The lowest BCUT2D eigenvalue weighted by molar-refractivity contribution is -0.120. The molecule has 0 aliphatic heterocycles. The molecule has 9 heteroatoms. The zero-order valence-electron chi connectivity index (χ0n) is 15.3. The molecule has 0 bridgehead atoms. The zero-order chi connectivity index (χ0) is 20.2. The van der Waals surface area contributed by atoms with E-state index in [1.54, 1.807) is 24.3 Å². The van der Waals surface area contributed by atoms with Gasteiger partial charge in [-0.2, -0.15) is 0 Å². The van der Waals surface area contributed by atoms with Crippen molar-refractivity contribution in [1.82, 2.24) is 15.5 Å². The maximum Gasteiger partial charge on any atom is 0.238 e. The molecule has 1 saturated carbocycles. The molecule has 3 aromatic rings. The van der Waals surface area contributed by atoms with Gasteiger partial charge in [0.1, 0.15) is 16.9 Å². The van der Waals surface area contributed by atoms with Gasteiger partial charge in [0.2, 0.25) is 11.0 Å². The predicted octanol–water partition coefficient (Wildman–Crippen LogP) is 4.54. The number of rotatable bonds is 8. The molecule has 0 saturated heterocycles. The van der Waals surface area contributed by atoms with E-state index in [1.807, 2.05) is 0 Å². The van der Waals surface area contributed by atoms with E-state index >= 15 is 0 Å². The van der Waals surface area contributed by atoms with E-state index in [0.717, 1.165) is 18.4 Å². The number of carbonyl (C=O) groups excluding carboxylic acids is 1. The number of aromatic nitrogens is 2. The minimum atomic E-state index is -0.533. The maximum absolute atomic E-state index is 13.3. The van der Waals surface area contributed by atoms with E-state index in [0.29, 0.717) is 21.6 Å². The quantitative estimate of drug-likeness (QED) is 0.512. The van der Waals surface area contributed by atoms with Crippen LogP contribution in [0.4, 0.5) is 13.9 Å². The number of hydrogen-bond donors (Lipinski definition) is 2. The van der Waals surface area contributed by atoms with Crippen molar-refractivity contribution in [3.8, 4) is 0 Å². The van der Waals surface area contributed by atoms with Crippen LogP contribution in [0.25, 0.3) is 0 Å². The highest BCUT2D eigenvalue weighted by Gasteiger charge is 2.30. The van der Waals surface area contributed by atoms with E-state index in [-0.39, 0.29) is 23.6 Å². The van der Waals surface area contributed by atoms with Gasteiger partial charge < -0.3 is 10.6 Å². The molecule has 0 spiro atoms. The molecule has 1 aromatic heterocycles. The molecule has 1 fully saturated rings. The second kappa shape index (κ2) is 8.87. The predicted molar refractivity (Wildman–Crippen MR) is 110 cm³/mol. The SMILES string of the molecule is O=C(NC1CC1)C(Sc1nnc(NCc2ccc(F)cc2)s1)c1ccc(F)cc1. The van der Waals surface area contributed by atoms with Gasteiger partial charge in [-0.15, -0.1) is 10.2 Å². The Balaban J connectivity index is 1.43. The van der Waals surface area contributed by atoms with Gasteiger partial charge in [0.25, 0.3) is 0 Å². The molecule has 2 N–H and O–H groups in total. The Morgan fingerprint density at radius 2 is 1.72 bits per heavy atom. The average molecular weight is 433 g/mol.